The van der Waals surface area contributed by atoms with E-state index in [1.165, 1.54) is 18.5 Å². The first-order valence-corrected chi connectivity index (χ1v) is 10.5. The number of anilines is 2. The molecule has 10 heteroatoms. The maximum Gasteiger partial charge on any atom is 0.416 e. The molecular formula is C22H24F3N5O2. The number of hydrogen-bond acceptors (Lipinski definition) is 6. The molecule has 1 aromatic carbocycles. The van der Waals surface area contributed by atoms with Crippen molar-refractivity contribution in [1.29, 1.82) is 0 Å². The molecule has 1 N–H and O–H groups in total. The second-order valence-corrected chi connectivity index (χ2v) is 7.93. The van der Waals surface area contributed by atoms with Gasteiger partial charge in [0.1, 0.15) is 17.7 Å². The monoisotopic (exact) mass is 447 g/mol. The molecule has 4 rings (SSSR count). The van der Waals surface area contributed by atoms with Crippen LogP contribution in [-0.2, 0) is 22.1 Å². The molecule has 0 unspecified atom stereocenters. The standard InChI is InChI=1S/C22H24F3N5O2/c1-13-19(28-14(2)21(31)29-17-6-9-32-10-7-17)20(27-12-26-13)30-8-5-15-11-16(22(23,24)25)3-4-18(15)30/h3-4,11-12,17H,5-10H2,1-2H3,(H,29,31). The van der Waals surface area contributed by atoms with Gasteiger partial charge in [-0.25, -0.2) is 15.0 Å². The summed E-state index contributed by atoms with van der Waals surface area (Å²) in [5, 5.41) is 2.97. The van der Waals surface area contributed by atoms with Crippen LogP contribution in [0.1, 0.15) is 36.6 Å². The molecule has 0 saturated carbocycles. The van der Waals surface area contributed by atoms with Gasteiger partial charge in [0.2, 0.25) is 0 Å². The van der Waals surface area contributed by atoms with E-state index in [-0.39, 0.29) is 17.7 Å². The Bertz CT molecular complexity index is 1050. The molecular weight excluding hydrogens is 423 g/mol. The summed E-state index contributed by atoms with van der Waals surface area (Å²) in [6.45, 7) is 5.07. The highest BCUT2D eigenvalue weighted by Gasteiger charge is 2.33. The Hall–Kier alpha value is -3.01. The van der Waals surface area contributed by atoms with Gasteiger partial charge in [0.25, 0.3) is 5.91 Å². The summed E-state index contributed by atoms with van der Waals surface area (Å²) in [7, 11) is 0. The average Bonchev–Trinajstić information content (AvgIpc) is 3.18. The summed E-state index contributed by atoms with van der Waals surface area (Å²) in [5.41, 5.74) is 1.85. The highest BCUT2D eigenvalue weighted by atomic mass is 19.4. The molecule has 0 radical (unpaired) electrons. The van der Waals surface area contributed by atoms with E-state index in [1.54, 1.807) is 13.8 Å². The first kappa shape index (κ1) is 22.2. The lowest BCUT2D eigenvalue weighted by Gasteiger charge is -2.23. The molecule has 0 atom stereocenters. The van der Waals surface area contributed by atoms with Gasteiger partial charge < -0.3 is 15.0 Å². The number of amides is 1. The number of benzene rings is 1. The number of fused-ring (bicyclic) bond motifs is 1. The van der Waals surface area contributed by atoms with E-state index in [1.807, 2.05) is 4.90 Å². The van der Waals surface area contributed by atoms with Gasteiger partial charge in [-0.2, -0.15) is 13.2 Å². The molecule has 1 aromatic heterocycles. The number of halogens is 3. The Labute approximate surface area is 183 Å². The van der Waals surface area contributed by atoms with E-state index in [4.69, 9.17) is 4.74 Å². The van der Waals surface area contributed by atoms with Gasteiger partial charge in [-0.15, -0.1) is 0 Å². The van der Waals surface area contributed by atoms with Crippen molar-refractivity contribution in [2.45, 2.75) is 45.3 Å². The number of nitrogens with zero attached hydrogens (tertiary/aromatic N) is 4. The smallest absolute Gasteiger partial charge is 0.381 e. The minimum atomic E-state index is -4.39. The molecule has 32 heavy (non-hydrogen) atoms. The van der Waals surface area contributed by atoms with Crippen LogP contribution in [0.4, 0.5) is 30.4 Å². The summed E-state index contributed by atoms with van der Waals surface area (Å²) in [5.74, 6) is 0.192. The van der Waals surface area contributed by atoms with E-state index >= 15 is 0 Å². The van der Waals surface area contributed by atoms with E-state index in [2.05, 4.69) is 20.3 Å². The summed E-state index contributed by atoms with van der Waals surface area (Å²) in [4.78, 5) is 27.6. The second-order valence-electron chi connectivity index (χ2n) is 7.93. The number of aliphatic imine (C=N–C) groups is 1. The number of carbonyl (C=O) groups excluding carboxylic acids is 1. The quantitative estimate of drug-likeness (QED) is 0.720. The van der Waals surface area contributed by atoms with Crippen LogP contribution in [0.5, 0.6) is 0 Å². The molecule has 7 nitrogen and oxygen atoms in total. The number of carbonyl (C=O) groups is 1. The zero-order chi connectivity index (χ0) is 22.9. The molecule has 0 aliphatic carbocycles. The second kappa shape index (κ2) is 8.85. The number of hydrogen-bond donors (Lipinski definition) is 1. The Kier molecular flexibility index (Phi) is 6.14. The zero-order valence-electron chi connectivity index (χ0n) is 17.9. The van der Waals surface area contributed by atoms with Gasteiger partial charge in [0.05, 0.1) is 11.3 Å². The van der Waals surface area contributed by atoms with Crippen molar-refractivity contribution in [1.82, 2.24) is 15.3 Å². The largest absolute Gasteiger partial charge is 0.416 e. The van der Waals surface area contributed by atoms with E-state index in [0.29, 0.717) is 54.6 Å². The van der Waals surface area contributed by atoms with Crippen molar-refractivity contribution in [2.24, 2.45) is 4.99 Å². The summed E-state index contributed by atoms with van der Waals surface area (Å²) < 4.78 is 44.6. The topological polar surface area (TPSA) is 79.7 Å². The van der Waals surface area contributed by atoms with E-state index in [0.717, 1.165) is 18.9 Å². The third-order valence-corrected chi connectivity index (χ3v) is 5.71. The lowest BCUT2D eigenvalue weighted by molar-refractivity contribution is -0.137. The number of aromatic nitrogens is 2. The van der Waals surface area contributed by atoms with Crippen LogP contribution in [0.2, 0.25) is 0 Å². The van der Waals surface area contributed by atoms with Gasteiger partial charge in [-0.1, -0.05) is 0 Å². The van der Waals surface area contributed by atoms with Crippen molar-refractivity contribution >= 4 is 28.8 Å². The summed E-state index contributed by atoms with van der Waals surface area (Å²) >= 11 is 0. The minimum absolute atomic E-state index is 0.0438. The molecule has 0 bridgehead atoms. The molecule has 2 aliphatic rings. The van der Waals surface area contributed by atoms with Gasteiger partial charge in [-0.05, 0) is 56.9 Å². The van der Waals surface area contributed by atoms with Gasteiger partial charge in [-0.3, -0.25) is 4.79 Å². The van der Waals surface area contributed by atoms with Gasteiger partial charge >= 0.3 is 6.18 Å². The minimum Gasteiger partial charge on any atom is -0.381 e. The highest BCUT2D eigenvalue weighted by Crippen LogP contribution is 2.41. The number of nitrogens with one attached hydrogen (secondary N) is 1. The van der Waals surface area contributed by atoms with Crippen LogP contribution in [0, 0.1) is 6.92 Å². The summed E-state index contributed by atoms with van der Waals surface area (Å²) in [6, 6.07) is 3.75. The van der Waals surface area contributed by atoms with E-state index < -0.39 is 11.7 Å². The van der Waals surface area contributed by atoms with Gasteiger partial charge in [0.15, 0.2) is 5.82 Å². The third kappa shape index (κ3) is 4.59. The van der Waals surface area contributed by atoms with Gasteiger partial charge in [0, 0.05) is 31.5 Å². The Morgan fingerprint density at radius 3 is 2.72 bits per heavy atom. The fourth-order valence-electron chi connectivity index (χ4n) is 3.93. The van der Waals surface area contributed by atoms with Crippen LogP contribution >= 0.6 is 0 Å². The normalized spacial score (nSPS) is 17.4. The van der Waals surface area contributed by atoms with E-state index in [9.17, 15) is 18.0 Å². The van der Waals surface area contributed by atoms with Crippen LogP contribution < -0.4 is 10.2 Å². The SMILES string of the molecule is CC(=Nc1c(C)ncnc1N1CCc2cc(C(F)(F)F)ccc21)C(=O)NC1CCOCC1. The fraction of sp³-hybridized carbons (Fsp3) is 0.455. The summed E-state index contributed by atoms with van der Waals surface area (Å²) in [6.07, 6.45) is -1.04. The van der Waals surface area contributed by atoms with Crippen LogP contribution in [-0.4, -0.2) is 47.4 Å². The first-order valence-electron chi connectivity index (χ1n) is 10.5. The number of ether oxygens (including phenoxy) is 1. The first-order chi connectivity index (χ1) is 15.2. The van der Waals surface area contributed by atoms with Crippen molar-refractivity contribution in [3.8, 4) is 0 Å². The number of aryl methyl sites for hydroxylation is 1. The Morgan fingerprint density at radius 2 is 2.00 bits per heavy atom. The molecule has 170 valence electrons. The molecule has 0 spiro atoms. The van der Waals surface area contributed by atoms with Crippen LogP contribution in [0.15, 0.2) is 29.5 Å². The lowest BCUT2D eigenvalue weighted by atomic mass is 10.1. The molecule has 1 saturated heterocycles. The Balaban J connectivity index is 1.62. The molecule has 2 aliphatic heterocycles. The maximum atomic E-state index is 13.1. The highest BCUT2D eigenvalue weighted by molar-refractivity contribution is 6.38. The van der Waals surface area contributed by atoms with Crippen LogP contribution in [0.25, 0.3) is 0 Å². The lowest BCUT2D eigenvalue weighted by Crippen LogP contribution is -2.41. The zero-order valence-corrected chi connectivity index (χ0v) is 17.9. The molecule has 2 aromatic rings. The van der Waals surface area contributed by atoms with Crippen molar-refractivity contribution in [3.05, 3.63) is 41.3 Å². The van der Waals surface area contributed by atoms with Crippen molar-refractivity contribution in [3.63, 3.8) is 0 Å². The third-order valence-electron chi connectivity index (χ3n) is 5.71. The predicted octanol–water partition coefficient (Wildman–Crippen LogP) is 3.89. The molecule has 1 amide bonds. The van der Waals surface area contributed by atoms with Crippen molar-refractivity contribution < 1.29 is 22.7 Å². The number of alkyl halides is 3. The maximum absolute atomic E-state index is 13.1. The molecule has 3 heterocycles. The molecule has 1 fully saturated rings. The van der Waals surface area contributed by atoms with Crippen molar-refractivity contribution in [2.75, 3.05) is 24.7 Å². The van der Waals surface area contributed by atoms with Crippen LogP contribution in [0.3, 0.4) is 0 Å². The fourth-order valence-corrected chi connectivity index (χ4v) is 3.93. The number of rotatable bonds is 4. The Morgan fingerprint density at radius 1 is 1.25 bits per heavy atom. The average molecular weight is 447 g/mol. The predicted molar refractivity (Wildman–Crippen MR) is 114 cm³/mol.